The molecule has 2 unspecified atom stereocenters. The lowest BCUT2D eigenvalue weighted by Gasteiger charge is -2.20. The van der Waals surface area contributed by atoms with Crippen LogP contribution in [0.2, 0.25) is 0 Å². The van der Waals surface area contributed by atoms with Crippen LogP contribution < -0.4 is 5.32 Å². The van der Waals surface area contributed by atoms with E-state index in [1.54, 1.807) is 11.8 Å². The number of aliphatic hydroxyl groups excluding tert-OH is 1. The van der Waals surface area contributed by atoms with E-state index in [2.05, 4.69) is 5.32 Å². The topological polar surface area (TPSA) is 69.6 Å². The molecule has 0 spiro atoms. The molecule has 0 aliphatic heterocycles. The smallest absolute Gasteiger partial charge is 0.303 e. The summed E-state index contributed by atoms with van der Waals surface area (Å²) < 4.78 is 0. The van der Waals surface area contributed by atoms with E-state index in [-0.39, 0.29) is 12.5 Å². The maximum absolute atomic E-state index is 10.4. The number of thioether (sulfide) groups is 1. The Morgan fingerprint density at radius 3 is 2.53 bits per heavy atom. The number of nitrogens with one attached hydrogen (secondary N) is 1. The van der Waals surface area contributed by atoms with Crippen molar-refractivity contribution in [3.05, 3.63) is 29.8 Å². The molecule has 2 atom stereocenters. The molecule has 0 radical (unpaired) electrons. The maximum Gasteiger partial charge on any atom is 0.303 e. The Bertz CT molecular complexity index is 394. The second-order valence-electron chi connectivity index (χ2n) is 4.46. The van der Waals surface area contributed by atoms with Gasteiger partial charge in [0.1, 0.15) is 0 Å². The minimum atomic E-state index is -0.789. The molecule has 1 rings (SSSR count). The van der Waals surface area contributed by atoms with Gasteiger partial charge < -0.3 is 15.5 Å². The van der Waals surface area contributed by atoms with E-state index < -0.39 is 12.1 Å². The monoisotopic (exact) mass is 283 g/mol. The molecule has 0 fully saturated rings. The van der Waals surface area contributed by atoms with Crippen molar-refractivity contribution < 1.29 is 15.0 Å². The average Bonchev–Trinajstić information content (AvgIpc) is 2.42. The molecule has 1 aromatic rings. The van der Waals surface area contributed by atoms with Crippen LogP contribution in [0.25, 0.3) is 0 Å². The Balaban J connectivity index is 2.42. The number of hydrogen-bond acceptors (Lipinski definition) is 4. The van der Waals surface area contributed by atoms with Crippen LogP contribution in [0.15, 0.2) is 29.2 Å². The molecule has 3 N–H and O–H groups in total. The molecule has 0 bridgehead atoms. The zero-order chi connectivity index (χ0) is 14.3. The SMILES string of the molecule is CSc1ccc(C(O)C(C)NCCCC(=O)O)cc1. The van der Waals surface area contributed by atoms with Crippen LogP contribution in [-0.2, 0) is 4.79 Å². The Labute approximate surface area is 118 Å². The number of carboxylic acid groups (broad SMARTS) is 1. The summed E-state index contributed by atoms with van der Waals surface area (Å²) in [5.41, 5.74) is 0.871. The van der Waals surface area contributed by atoms with Gasteiger partial charge in [0.25, 0.3) is 0 Å². The standard InChI is InChI=1S/C14H21NO3S/c1-10(15-9-3-4-13(16)17)14(18)11-5-7-12(19-2)8-6-11/h5-8,10,14-15,18H,3-4,9H2,1-2H3,(H,16,17). The molecule has 0 heterocycles. The Hall–Kier alpha value is -1.04. The molecule has 0 aromatic heterocycles. The minimum absolute atomic E-state index is 0.103. The van der Waals surface area contributed by atoms with Crippen molar-refractivity contribution in [2.75, 3.05) is 12.8 Å². The zero-order valence-electron chi connectivity index (χ0n) is 11.3. The fourth-order valence-corrected chi connectivity index (χ4v) is 2.18. The third-order valence-electron chi connectivity index (χ3n) is 2.96. The van der Waals surface area contributed by atoms with E-state index in [4.69, 9.17) is 5.11 Å². The molecule has 0 amide bonds. The Morgan fingerprint density at radius 2 is 2.00 bits per heavy atom. The summed E-state index contributed by atoms with van der Waals surface area (Å²) in [7, 11) is 0. The molecule has 4 nitrogen and oxygen atoms in total. The van der Waals surface area contributed by atoms with Crippen LogP contribution in [-0.4, -0.2) is 35.0 Å². The first-order valence-electron chi connectivity index (χ1n) is 6.31. The van der Waals surface area contributed by atoms with Gasteiger partial charge in [-0.1, -0.05) is 12.1 Å². The number of hydrogen-bond donors (Lipinski definition) is 3. The summed E-state index contributed by atoms with van der Waals surface area (Å²) in [6.07, 6.45) is 2.15. The van der Waals surface area contributed by atoms with Crippen LogP contribution >= 0.6 is 11.8 Å². The van der Waals surface area contributed by atoms with Gasteiger partial charge in [-0.2, -0.15) is 0 Å². The first-order valence-corrected chi connectivity index (χ1v) is 7.54. The van der Waals surface area contributed by atoms with E-state index in [9.17, 15) is 9.90 Å². The van der Waals surface area contributed by atoms with Crippen molar-refractivity contribution >= 4 is 17.7 Å². The molecule has 0 aliphatic rings. The first kappa shape index (κ1) is 16.0. The second-order valence-corrected chi connectivity index (χ2v) is 5.34. The summed E-state index contributed by atoms with van der Waals surface area (Å²) in [4.78, 5) is 11.5. The van der Waals surface area contributed by atoms with Crippen LogP contribution in [0.3, 0.4) is 0 Å². The Kier molecular flexibility index (Phi) is 6.91. The highest BCUT2D eigenvalue weighted by atomic mass is 32.2. The zero-order valence-corrected chi connectivity index (χ0v) is 12.1. The van der Waals surface area contributed by atoms with Gasteiger partial charge in [0.2, 0.25) is 0 Å². The summed E-state index contributed by atoms with van der Waals surface area (Å²) >= 11 is 1.66. The molecule has 0 aliphatic carbocycles. The first-order chi connectivity index (χ1) is 9.04. The number of benzene rings is 1. The van der Waals surface area contributed by atoms with Crippen LogP contribution in [0.5, 0.6) is 0 Å². The normalized spacial score (nSPS) is 14.1. The highest BCUT2D eigenvalue weighted by Gasteiger charge is 2.15. The van der Waals surface area contributed by atoms with Crippen molar-refractivity contribution in [2.24, 2.45) is 0 Å². The van der Waals surface area contributed by atoms with Crippen LogP contribution in [0.4, 0.5) is 0 Å². The lowest BCUT2D eigenvalue weighted by molar-refractivity contribution is -0.137. The quantitative estimate of drug-likeness (QED) is 0.504. The van der Waals surface area contributed by atoms with Gasteiger partial charge in [-0.15, -0.1) is 11.8 Å². The molecule has 5 heteroatoms. The fraction of sp³-hybridized carbons (Fsp3) is 0.500. The van der Waals surface area contributed by atoms with E-state index in [1.807, 2.05) is 37.4 Å². The van der Waals surface area contributed by atoms with Crippen molar-refractivity contribution in [3.8, 4) is 0 Å². The molecular formula is C14H21NO3S. The number of carboxylic acids is 1. The third kappa shape index (κ3) is 5.63. The number of aliphatic carboxylic acids is 1. The van der Waals surface area contributed by atoms with Crippen molar-refractivity contribution in [3.63, 3.8) is 0 Å². The number of carbonyl (C=O) groups is 1. The van der Waals surface area contributed by atoms with Gasteiger partial charge in [-0.3, -0.25) is 4.79 Å². The second kappa shape index (κ2) is 8.19. The van der Waals surface area contributed by atoms with Crippen LogP contribution in [0, 0.1) is 0 Å². The largest absolute Gasteiger partial charge is 0.481 e. The van der Waals surface area contributed by atoms with Crippen LogP contribution in [0.1, 0.15) is 31.4 Å². The highest BCUT2D eigenvalue weighted by Crippen LogP contribution is 2.21. The highest BCUT2D eigenvalue weighted by molar-refractivity contribution is 7.98. The third-order valence-corrected chi connectivity index (χ3v) is 3.71. The molecule has 19 heavy (non-hydrogen) atoms. The van der Waals surface area contributed by atoms with E-state index in [0.717, 1.165) is 10.5 Å². The van der Waals surface area contributed by atoms with Crippen molar-refractivity contribution in [1.29, 1.82) is 0 Å². The summed E-state index contributed by atoms with van der Waals surface area (Å²) in [5.74, 6) is -0.789. The molecule has 0 saturated carbocycles. The summed E-state index contributed by atoms with van der Waals surface area (Å²) in [6, 6.07) is 7.72. The molecule has 1 aromatic carbocycles. The van der Waals surface area contributed by atoms with E-state index in [0.29, 0.717) is 13.0 Å². The van der Waals surface area contributed by atoms with Crippen molar-refractivity contribution in [2.45, 2.75) is 36.8 Å². The lowest BCUT2D eigenvalue weighted by Crippen LogP contribution is -2.33. The predicted octanol–water partition coefficient (Wildman–Crippen LogP) is 2.28. The van der Waals surface area contributed by atoms with E-state index in [1.165, 1.54) is 0 Å². The van der Waals surface area contributed by atoms with E-state index >= 15 is 0 Å². The van der Waals surface area contributed by atoms with Gasteiger partial charge >= 0.3 is 5.97 Å². The average molecular weight is 283 g/mol. The predicted molar refractivity (Wildman–Crippen MR) is 77.5 cm³/mol. The van der Waals surface area contributed by atoms with Gasteiger partial charge in [0.15, 0.2) is 0 Å². The molecule has 106 valence electrons. The molecular weight excluding hydrogens is 262 g/mol. The minimum Gasteiger partial charge on any atom is -0.481 e. The fourth-order valence-electron chi connectivity index (χ4n) is 1.77. The van der Waals surface area contributed by atoms with Gasteiger partial charge in [0.05, 0.1) is 6.10 Å². The van der Waals surface area contributed by atoms with Crippen molar-refractivity contribution in [1.82, 2.24) is 5.32 Å². The van der Waals surface area contributed by atoms with Gasteiger partial charge in [0, 0.05) is 17.4 Å². The van der Waals surface area contributed by atoms with Gasteiger partial charge in [-0.05, 0) is 43.8 Å². The van der Waals surface area contributed by atoms with Gasteiger partial charge in [-0.25, -0.2) is 0 Å². The number of rotatable bonds is 8. The maximum atomic E-state index is 10.4. The summed E-state index contributed by atoms with van der Waals surface area (Å²) in [6.45, 7) is 2.49. The summed E-state index contributed by atoms with van der Waals surface area (Å²) in [5, 5.41) is 21.9. The lowest BCUT2D eigenvalue weighted by atomic mass is 10.0. The molecule has 0 saturated heterocycles. The number of aliphatic hydroxyl groups is 1. The Morgan fingerprint density at radius 1 is 1.37 bits per heavy atom.